The molecule has 0 aliphatic rings. The summed E-state index contributed by atoms with van der Waals surface area (Å²) >= 11 is 6.55. The van der Waals surface area contributed by atoms with Gasteiger partial charge in [0.2, 0.25) is 0 Å². The molecule has 1 amide bonds. The molecule has 9 nitrogen and oxygen atoms in total. The minimum Gasteiger partial charge on any atom is -0.468 e. The fourth-order valence-corrected chi connectivity index (χ4v) is 5.37. The maximum atomic E-state index is 13.1. The van der Waals surface area contributed by atoms with E-state index < -0.39 is 27.6 Å². The summed E-state index contributed by atoms with van der Waals surface area (Å²) in [5, 5.41) is 8.43. The van der Waals surface area contributed by atoms with Crippen LogP contribution in [0.25, 0.3) is 22.0 Å². The van der Waals surface area contributed by atoms with Crippen LogP contribution in [-0.4, -0.2) is 47.5 Å². The van der Waals surface area contributed by atoms with Crippen LogP contribution in [0.15, 0.2) is 59.8 Å². The average Bonchev–Trinajstić information content (AvgIpc) is 3.42. The lowest BCUT2D eigenvalue weighted by Crippen LogP contribution is -2.28. The van der Waals surface area contributed by atoms with Gasteiger partial charge in [-0.05, 0) is 48.4 Å². The molecule has 0 spiro atoms. The highest BCUT2D eigenvalue weighted by Gasteiger charge is 2.22. The number of hydrogen-bond donors (Lipinski definition) is 1. The van der Waals surface area contributed by atoms with Gasteiger partial charge in [-0.15, -0.1) is 0 Å². The number of rotatable bonds is 7. The minimum absolute atomic E-state index is 0.00271. The van der Waals surface area contributed by atoms with E-state index >= 15 is 0 Å². The third-order valence-corrected chi connectivity index (χ3v) is 7.92. The Labute approximate surface area is 213 Å². The zero-order chi connectivity index (χ0) is 26.2. The van der Waals surface area contributed by atoms with Gasteiger partial charge < -0.3 is 14.6 Å². The molecule has 0 radical (unpaired) electrons. The summed E-state index contributed by atoms with van der Waals surface area (Å²) in [4.78, 5) is 24.5. The number of hydrogen-bond acceptors (Lipinski definition) is 6. The first-order valence-electron chi connectivity index (χ1n) is 11.0. The zero-order valence-electron chi connectivity index (χ0n) is 20.1. The van der Waals surface area contributed by atoms with Crippen LogP contribution in [0, 0.1) is 0 Å². The van der Waals surface area contributed by atoms with Crippen molar-refractivity contribution in [2.45, 2.75) is 17.9 Å². The third kappa shape index (κ3) is 5.00. The van der Waals surface area contributed by atoms with E-state index in [1.54, 1.807) is 47.6 Å². The predicted octanol–water partition coefficient (Wildman–Crippen LogP) is 3.67. The van der Waals surface area contributed by atoms with Crippen LogP contribution in [0.2, 0.25) is 5.02 Å². The molecule has 2 aromatic heterocycles. The van der Waals surface area contributed by atoms with Crippen LogP contribution >= 0.6 is 11.6 Å². The van der Waals surface area contributed by atoms with Crippen LogP contribution in [0.3, 0.4) is 0 Å². The monoisotopic (exact) mass is 528 g/mol. The maximum absolute atomic E-state index is 13.1. The normalized spacial score (nSPS) is 12.5. The fourth-order valence-electron chi connectivity index (χ4n) is 3.96. The quantitative estimate of drug-likeness (QED) is 0.366. The third-order valence-electron chi connectivity index (χ3n) is 6.00. The number of ether oxygens (including phenoxy) is 1. The van der Waals surface area contributed by atoms with Crippen LogP contribution in [0.5, 0.6) is 0 Å². The van der Waals surface area contributed by atoms with Crippen molar-refractivity contribution < 1.29 is 22.7 Å². The standard InChI is InChI=1S/C25H25ClN4O5S/c1-15(16-5-7-19(8-6-16)36(33,34)14-24(31)35-4)28-25(32)23-11-20-21(26)9-17(10-22(20)30(23)3)18-12-27-29(2)13-18/h5-13,15H,14H2,1-4H3,(H,28,32). The maximum Gasteiger partial charge on any atom is 0.321 e. The van der Waals surface area contributed by atoms with E-state index in [1.165, 1.54) is 12.1 Å². The van der Waals surface area contributed by atoms with Crippen molar-refractivity contribution in [1.29, 1.82) is 0 Å². The van der Waals surface area contributed by atoms with Crippen molar-refractivity contribution in [2.24, 2.45) is 14.1 Å². The zero-order valence-corrected chi connectivity index (χ0v) is 21.7. The lowest BCUT2D eigenvalue weighted by atomic mass is 10.1. The first kappa shape index (κ1) is 25.5. The van der Waals surface area contributed by atoms with Gasteiger partial charge in [0.25, 0.3) is 5.91 Å². The number of carbonyl (C=O) groups is 2. The van der Waals surface area contributed by atoms with E-state index in [0.29, 0.717) is 16.3 Å². The average molecular weight is 529 g/mol. The first-order valence-corrected chi connectivity index (χ1v) is 13.0. The number of aryl methyl sites for hydroxylation is 2. The van der Waals surface area contributed by atoms with Crippen molar-refractivity contribution in [1.82, 2.24) is 19.7 Å². The second-order valence-electron chi connectivity index (χ2n) is 8.48. The molecule has 0 aliphatic carbocycles. The molecule has 0 bridgehead atoms. The number of aromatic nitrogens is 3. The summed E-state index contributed by atoms with van der Waals surface area (Å²) in [7, 11) is 0.959. The molecule has 0 saturated heterocycles. The largest absolute Gasteiger partial charge is 0.468 e. The Bertz CT molecular complexity index is 1570. The molecule has 188 valence electrons. The Balaban J connectivity index is 1.55. The van der Waals surface area contributed by atoms with E-state index in [4.69, 9.17) is 11.6 Å². The Kier molecular flexibility index (Phi) is 6.92. The minimum atomic E-state index is -3.81. The second-order valence-corrected chi connectivity index (χ2v) is 10.9. The van der Waals surface area contributed by atoms with E-state index in [2.05, 4.69) is 15.2 Å². The molecule has 1 N–H and O–H groups in total. The molecule has 0 saturated carbocycles. The number of nitrogens with zero attached hydrogens (tertiary/aromatic N) is 3. The molecular formula is C25H25ClN4O5S. The number of carbonyl (C=O) groups excluding carboxylic acids is 2. The van der Waals surface area contributed by atoms with Gasteiger partial charge in [-0.3, -0.25) is 14.3 Å². The molecule has 1 unspecified atom stereocenters. The summed E-state index contributed by atoms with van der Waals surface area (Å²) < 4.78 is 32.6. The van der Waals surface area contributed by atoms with Gasteiger partial charge in [0, 0.05) is 31.2 Å². The molecule has 2 heterocycles. The summed E-state index contributed by atoms with van der Waals surface area (Å²) in [5.41, 5.74) is 3.75. The van der Waals surface area contributed by atoms with Gasteiger partial charge in [-0.2, -0.15) is 5.10 Å². The van der Waals surface area contributed by atoms with Crippen LogP contribution < -0.4 is 5.32 Å². The number of esters is 1. The molecule has 1 atom stereocenters. The Morgan fingerprint density at radius 1 is 1.11 bits per heavy atom. The lowest BCUT2D eigenvalue weighted by molar-refractivity contribution is -0.137. The van der Waals surface area contributed by atoms with Crippen LogP contribution in [0.4, 0.5) is 0 Å². The highest BCUT2D eigenvalue weighted by molar-refractivity contribution is 7.92. The van der Waals surface area contributed by atoms with E-state index in [1.807, 2.05) is 25.4 Å². The lowest BCUT2D eigenvalue weighted by Gasteiger charge is -2.15. The predicted molar refractivity (Wildman–Crippen MR) is 137 cm³/mol. The molecule has 4 aromatic rings. The fraction of sp³-hybridized carbons (Fsp3) is 0.240. The highest BCUT2D eigenvalue weighted by Crippen LogP contribution is 2.32. The highest BCUT2D eigenvalue weighted by atomic mass is 35.5. The number of fused-ring (bicyclic) bond motifs is 1. The molecule has 36 heavy (non-hydrogen) atoms. The summed E-state index contributed by atoms with van der Waals surface area (Å²) in [6.07, 6.45) is 3.64. The molecule has 4 rings (SSSR count). The van der Waals surface area contributed by atoms with Gasteiger partial charge in [-0.25, -0.2) is 8.42 Å². The topological polar surface area (TPSA) is 112 Å². The number of halogens is 1. The van der Waals surface area contributed by atoms with Crippen molar-refractivity contribution in [3.05, 3.63) is 71.1 Å². The van der Waals surface area contributed by atoms with Crippen molar-refractivity contribution in [2.75, 3.05) is 12.9 Å². The van der Waals surface area contributed by atoms with Crippen molar-refractivity contribution >= 4 is 44.2 Å². The first-order chi connectivity index (χ1) is 17.0. The smallest absolute Gasteiger partial charge is 0.321 e. The summed E-state index contributed by atoms with van der Waals surface area (Å²) in [5.74, 6) is -1.87. The van der Waals surface area contributed by atoms with Gasteiger partial charge >= 0.3 is 5.97 Å². The van der Waals surface area contributed by atoms with Gasteiger partial charge in [0.05, 0.1) is 34.8 Å². The van der Waals surface area contributed by atoms with E-state index in [9.17, 15) is 18.0 Å². The Hall–Kier alpha value is -3.63. The number of nitrogens with one attached hydrogen (secondary N) is 1. The van der Waals surface area contributed by atoms with Gasteiger partial charge in [0.15, 0.2) is 15.6 Å². The molecule has 0 aliphatic heterocycles. The second kappa shape index (κ2) is 9.79. The van der Waals surface area contributed by atoms with E-state index in [0.717, 1.165) is 29.1 Å². The van der Waals surface area contributed by atoms with Crippen molar-refractivity contribution in [3.8, 4) is 11.1 Å². The van der Waals surface area contributed by atoms with Crippen LogP contribution in [0.1, 0.15) is 29.0 Å². The molecule has 0 fully saturated rings. The summed E-state index contributed by atoms with van der Waals surface area (Å²) in [6.45, 7) is 1.80. The molecular weight excluding hydrogens is 504 g/mol. The van der Waals surface area contributed by atoms with Gasteiger partial charge in [0.1, 0.15) is 5.69 Å². The number of benzene rings is 2. The van der Waals surface area contributed by atoms with Crippen LogP contribution in [-0.2, 0) is 33.5 Å². The Morgan fingerprint density at radius 3 is 2.42 bits per heavy atom. The SMILES string of the molecule is COC(=O)CS(=O)(=O)c1ccc(C(C)NC(=O)c2cc3c(Cl)cc(-c4cnn(C)c4)cc3n2C)cc1. The molecule has 2 aromatic carbocycles. The van der Waals surface area contributed by atoms with E-state index in [-0.39, 0.29) is 10.8 Å². The number of methoxy groups -OCH3 is 1. The Morgan fingerprint density at radius 2 is 1.81 bits per heavy atom. The van der Waals surface area contributed by atoms with Crippen molar-refractivity contribution in [3.63, 3.8) is 0 Å². The number of sulfone groups is 1. The summed E-state index contributed by atoms with van der Waals surface area (Å²) in [6, 6.07) is 11.2. The number of amides is 1. The van der Waals surface area contributed by atoms with Gasteiger partial charge in [-0.1, -0.05) is 23.7 Å². The molecule has 11 heteroatoms.